The van der Waals surface area contributed by atoms with Gasteiger partial charge in [0.05, 0.1) is 0 Å². The standard InChI is InChI=1S/C25H36O3/c1-16(7-6-8-18-14-21(27)28-15-18)9-10-19-22-20(26)13-17(2)23(3)11-12-24(19,4)25(22,23)5/h7,14,17,19,22H,6,8-13,15H2,1-5H3/b16-7+/t17-,19-,22+,23-,24+,25+/m1/s1. The number of Topliss-reactive ketones (excluding diaryl/α,β-unsaturated/α-hetero) is 1. The average molecular weight is 385 g/mol. The Labute approximate surface area is 170 Å². The molecule has 3 saturated carbocycles. The Bertz CT molecular complexity index is 762. The van der Waals surface area contributed by atoms with Crippen molar-refractivity contribution >= 4 is 11.8 Å². The van der Waals surface area contributed by atoms with Crippen molar-refractivity contribution in [3.8, 4) is 0 Å². The Morgan fingerprint density at radius 3 is 2.61 bits per heavy atom. The van der Waals surface area contributed by atoms with Crippen molar-refractivity contribution in [2.75, 3.05) is 6.61 Å². The first-order valence-corrected chi connectivity index (χ1v) is 11.2. The van der Waals surface area contributed by atoms with E-state index in [0.717, 1.165) is 37.7 Å². The highest BCUT2D eigenvalue weighted by Crippen LogP contribution is 2.82. The summed E-state index contributed by atoms with van der Waals surface area (Å²) >= 11 is 0. The summed E-state index contributed by atoms with van der Waals surface area (Å²) in [5, 5.41) is 0. The SMILES string of the molecule is C/C(=C\CCC1=CC(=O)OC1)CC[C@@H]1[C@H]2C(=O)C[C@@H](C)[C@@]3(C)CC[C@]1(C)[C@@]23C. The molecule has 0 amide bonds. The maximum absolute atomic E-state index is 13.0. The lowest BCUT2D eigenvalue weighted by Gasteiger charge is -2.71. The zero-order chi connectivity index (χ0) is 20.3. The second-order valence-electron chi connectivity index (χ2n) is 10.7. The van der Waals surface area contributed by atoms with Crippen molar-refractivity contribution in [3.05, 3.63) is 23.3 Å². The summed E-state index contributed by atoms with van der Waals surface area (Å²) in [6.07, 6.45) is 11.4. The summed E-state index contributed by atoms with van der Waals surface area (Å²) in [4.78, 5) is 24.1. The van der Waals surface area contributed by atoms with Gasteiger partial charge >= 0.3 is 5.97 Å². The zero-order valence-corrected chi connectivity index (χ0v) is 18.3. The maximum atomic E-state index is 13.0. The number of rotatable bonds is 6. The molecule has 1 aliphatic heterocycles. The minimum Gasteiger partial charge on any atom is -0.458 e. The van der Waals surface area contributed by atoms with Crippen LogP contribution in [0.3, 0.4) is 0 Å². The lowest BCUT2D eigenvalue weighted by atomic mass is 9.31. The van der Waals surface area contributed by atoms with Gasteiger partial charge in [-0.1, -0.05) is 39.3 Å². The third-order valence-electron chi connectivity index (χ3n) is 9.85. The fraction of sp³-hybridized carbons (Fsp3) is 0.760. The fourth-order valence-corrected chi connectivity index (χ4v) is 7.64. The molecule has 0 radical (unpaired) electrons. The van der Waals surface area contributed by atoms with E-state index in [1.54, 1.807) is 6.08 Å². The molecule has 0 aromatic heterocycles. The Kier molecular flexibility index (Phi) is 4.67. The summed E-state index contributed by atoms with van der Waals surface area (Å²) in [6, 6.07) is 0. The largest absolute Gasteiger partial charge is 0.458 e. The smallest absolute Gasteiger partial charge is 0.331 e. The van der Waals surface area contributed by atoms with Gasteiger partial charge in [0.2, 0.25) is 0 Å². The van der Waals surface area contributed by atoms with Crippen LogP contribution in [0, 0.1) is 34.0 Å². The predicted octanol–water partition coefficient (Wildman–Crippen LogP) is 5.64. The maximum Gasteiger partial charge on any atom is 0.331 e. The van der Waals surface area contributed by atoms with E-state index in [2.05, 4.69) is 40.7 Å². The van der Waals surface area contributed by atoms with E-state index in [1.165, 1.54) is 18.4 Å². The molecular formula is C25H36O3. The highest BCUT2D eigenvalue weighted by molar-refractivity contribution is 5.86. The van der Waals surface area contributed by atoms with Gasteiger partial charge in [0.25, 0.3) is 0 Å². The summed E-state index contributed by atoms with van der Waals surface area (Å²) < 4.78 is 4.96. The van der Waals surface area contributed by atoms with E-state index in [-0.39, 0.29) is 17.3 Å². The Morgan fingerprint density at radius 2 is 1.93 bits per heavy atom. The lowest BCUT2D eigenvalue weighted by molar-refractivity contribution is -0.238. The normalized spacial score (nSPS) is 44.8. The molecule has 3 nitrogen and oxygen atoms in total. The van der Waals surface area contributed by atoms with Crippen LogP contribution in [0.2, 0.25) is 0 Å². The number of esters is 1. The quantitative estimate of drug-likeness (QED) is 0.439. The summed E-state index contributed by atoms with van der Waals surface area (Å²) in [5.74, 6) is 1.68. The van der Waals surface area contributed by atoms with Crippen molar-refractivity contribution in [1.82, 2.24) is 0 Å². The molecule has 0 aromatic carbocycles. The summed E-state index contributed by atoms with van der Waals surface area (Å²) in [7, 11) is 0. The molecule has 0 unspecified atom stereocenters. The summed E-state index contributed by atoms with van der Waals surface area (Å²) in [5.41, 5.74) is 3.36. The van der Waals surface area contributed by atoms with E-state index in [9.17, 15) is 9.59 Å². The molecular weight excluding hydrogens is 348 g/mol. The van der Waals surface area contributed by atoms with Crippen LogP contribution in [0.4, 0.5) is 0 Å². The van der Waals surface area contributed by atoms with Gasteiger partial charge in [-0.3, -0.25) is 4.79 Å². The van der Waals surface area contributed by atoms with Crippen molar-refractivity contribution in [3.63, 3.8) is 0 Å². The second-order valence-corrected chi connectivity index (χ2v) is 10.7. The zero-order valence-electron chi connectivity index (χ0n) is 18.3. The van der Waals surface area contributed by atoms with E-state index in [0.29, 0.717) is 35.1 Å². The first kappa shape index (κ1) is 19.9. The molecule has 0 spiro atoms. The molecule has 3 aliphatic carbocycles. The van der Waals surface area contributed by atoms with Crippen LogP contribution in [0.25, 0.3) is 0 Å². The minimum atomic E-state index is -0.202. The summed E-state index contributed by atoms with van der Waals surface area (Å²) in [6.45, 7) is 12.4. The number of carbonyl (C=O) groups is 2. The van der Waals surface area contributed by atoms with Gasteiger partial charge in [0, 0.05) is 18.4 Å². The number of hydrogen-bond acceptors (Lipinski definition) is 3. The highest BCUT2D eigenvalue weighted by atomic mass is 16.5. The van der Waals surface area contributed by atoms with Crippen LogP contribution in [-0.2, 0) is 14.3 Å². The number of ketones is 1. The second kappa shape index (κ2) is 6.57. The van der Waals surface area contributed by atoms with Crippen LogP contribution in [-0.4, -0.2) is 18.4 Å². The monoisotopic (exact) mass is 384 g/mol. The Hall–Kier alpha value is -1.38. The van der Waals surface area contributed by atoms with Crippen LogP contribution in [0.15, 0.2) is 23.3 Å². The van der Waals surface area contributed by atoms with Crippen molar-refractivity contribution < 1.29 is 14.3 Å². The molecule has 154 valence electrons. The highest BCUT2D eigenvalue weighted by Gasteiger charge is 2.79. The van der Waals surface area contributed by atoms with Gasteiger partial charge in [0.15, 0.2) is 0 Å². The molecule has 1 heterocycles. The van der Waals surface area contributed by atoms with E-state index in [1.807, 2.05) is 0 Å². The number of hydrogen-bond donors (Lipinski definition) is 0. The van der Waals surface area contributed by atoms with Gasteiger partial charge in [0.1, 0.15) is 12.4 Å². The first-order valence-electron chi connectivity index (χ1n) is 11.2. The van der Waals surface area contributed by atoms with E-state index >= 15 is 0 Å². The number of cyclic esters (lactones) is 1. The van der Waals surface area contributed by atoms with Gasteiger partial charge in [-0.05, 0) is 79.1 Å². The molecule has 0 bridgehead atoms. The molecule has 3 fully saturated rings. The van der Waals surface area contributed by atoms with Crippen LogP contribution >= 0.6 is 0 Å². The Balaban J connectivity index is 1.39. The van der Waals surface area contributed by atoms with Crippen molar-refractivity contribution in [2.24, 2.45) is 34.0 Å². The van der Waals surface area contributed by atoms with Crippen LogP contribution in [0.1, 0.15) is 79.6 Å². The number of carbonyl (C=O) groups excluding carboxylic acids is 2. The van der Waals surface area contributed by atoms with Crippen LogP contribution in [0.5, 0.6) is 0 Å². The third-order valence-corrected chi connectivity index (χ3v) is 9.85. The number of ether oxygens (including phenoxy) is 1. The molecule has 0 aromatic rings. The average Bonchev–Trinajstić information content (AvgIpc) is 3.12. The van der Waals surface area contributed by atoms with E-state index in [4.69, 9.17) is 4.74 Å². The predicted molar refractivity (Wildman–Crippen MR) is 111 cm³/mol. The molecule has 0 N–H and O–H groups in total. The van der Waals surface area contributed by atoms with Gasteiger partial charge in [-0.2, -0.15) is 0 Å². The van der Waals surface area contributed by atoms with Crippen molar-refractivity contribution in [2.45, 2.75) is 79.6 Å². The lowest BCUT2D eigenvalue weighted by Crippen LogP contribution is -2.70. The van der Waals surface area contributed by atoms with E-state index < -0.39 is 0 Å². The van der Waals surface area contributed by atoms with Gasteiger partial charge < -0.3 is 4.74 Å². The fourth-order valence-electron chi connectivity index (χ4n) is 7.64. The molecule has 6 atom stereocenters. The minimum absolute atomic E-state index is 0.193. The molecule has 3 heteroatoms. The Morgan fingerprint density at radius 1 is 1.21 bits per heavy atom. The molecule has 0 saturated heterocycles. The molecule has 4 aliphatic rings. The third kappa shape index (κ3) is 2.53. The topological polar surface area (TPSA) is 43.4 Å². The number of allylic oxidation sites excluding steroid dienone is 2. The van der Waals surface area contributed by atoms with Gasteiger partial charge in [-0.15, -0.1) is 0 Å². The van der Waals surface area contributed by atoms with Gasteiger partial charge in [-0.25, -0.2) is 4.79 Å². The van der Waals surface area contributed by atoms with Crippen molar-refractivity contribution in [1.29, 1.82) is 0 Å². The molecule has 28 heavy (non-hydrogen) atoms. The first-order chi connectivity index (χ1) is 13.1. The van der Waals surface area contributed by atoms with Crippen LogP contribution < -0.4 is 0 Å². The molecule has 4 rings (SSSR count).